The van der Waals surface area contributed by atoms with Crippen molar-refractivity contribution in [2.45, 2.75) is 6.54 Å². The summed E-state index contributed by atoms with van der Waals surface area (Å²) in [5, 5.41) is 2.73. The lowest BCUT2D eigenvalue weighted by Crippen LogP contribution is -2.14. The van der Waals surface area contributed by atoms with Gasteiger partial charge in [0.25, 0.3) is 5.91 Å². The molecule has 0 spiro atoms. The number of nitrogens with two attached hydrogens (primary N) is 1. The van der Waals surface area contributed by atoms with Crippen molar-refractivity contribution in [1.82, 2.24) is 4.98 Å². The predicted octanol–water partition coefficient (Wildman–Crippen LogP) is 3.35. The lowest BCUT2D eigenvalue weighted by Gasteiger charge is -2.10. The first kappa shape index (κ1) is 14.9. The number of benzene rings is 1. The van der Waals surface area contributed by atoms with E-state index in [1.807, 2.05) is 0 Å². The molecular formula is C13H10BrClFN3O. The van der Waals surface area contributed by atoms with E-state index in [0.717, 1.165) is 6.07 Å². The molecule has 1 aromatic heterocycles. The molecule has 104 valence electrons. The van der Waals surface area contributed by atoms with Gasteiger partial charge in [-0.05, 0) is 40.2 Å². The molecule has 0 radical (unpaired) electrons. The normalized spacial score (nSPS) is 10.4. The second kappa shape index (κ2) is 6.30. The van der Waals surface area contributed by atoms with Crippen molar-refractivity contribution in [3.63, 3.8) is 0 Å². The Hall–Kier alpha value is -1.50. The van der Waals surface area contributed by atoms with Crippen LogP contribution in [-0.2, 0) is 6.54 Å². The van der Waals surface area contributed by atoms with Gasteiger partial charge in [-0.2, -0.15) is 0 Å². The van der Waals surface area contributed by atoms with Gasteiger partial charge in [0, 0.05) is 22.8 Å². The molecule has 1 amide bonds. The van der Waals surface area contributed by atoms with Crippen LogP contribution in [0.5, 0.6) is 0 Å². The van der Waals surface area contributed by atoms with Crippen molar-refractivity contribution in [3.8, 4) is 0 Å². The minimum Gasteiger partial charge on any atom is -0.325 e. The smallest absolute Gasteiger partial charge is 0.255 e. The monoisotopic (exact) mass is 357 g/mol. The fraction of sp³-hybridized carbons (Fsp3) is 0.0769. The molecule has 0 unspecified atom stereocenters. The van der Waals surface area contributed by atoms with Crippen molar-refractivity contribution in [3.05, 3.63) is 57.0 Å². The number of aromatic nitrogens is 1. The highest BCUT2D eigenvalue weighted by Crippen LogP contribution is 2.32. The summed E-state index contributed by atoms with van der Waals surface area (Å²) in [6.07, 6.45) is 1.50. The Balaban J connectivity index is 2.28. The zero-order valence-electron chi connectivity index (χ0n) is 10.2. The molecule has 0 bridgehead atoms. The summed E-state index contributed by atoms with van der Waals surface area (Å²) in [6, 6.07) is 5.49. The lowest BCUT2D eigenvalue weighted by molar-refractivity contribution is 0.102. The molecular weight excluding hydrogens is 349 g/mol. The van der Waals surface area contributed by atoms with E-state index in [0.29, 0.717) is 21.4 Å². The number of anilines is 1. The molecule has 2 rings (SSSR count). The molecule has 2 aromatic rings. The minimum atomic E-state index is -0.491. The van der Waals surface area contributed by atoms with Gasteiger partial charge in [0.2, 0.25) is 0 Å². The van der Waals surface area contributed by atoms with Gasteiger partial charge in [-0.25, -0.2) is 4.39 Å². The van der Waals surface area contributed by atoms with Crippen LogP contribution in [-0.4, -0.2) is 10.9 Å². The maximum absolute atomic E-state index is 13.1. The number of carbonyl (C=O) groups excluding carboxylic acids is 1. The highest BCUT2D eigenvalue weighted by atomic mass is 79.9. The van der Waals surface area contributed by atoms with E-state index >= 15 is 0 Å². The van der Waals surface area contributed by atoms with E-state index in [4.69, 9.17) is 17.3 Å². The van der Waals surface area contributed by atoms with Crippen LogP contribution in [0.25, 0.3) is 0 Å². The largest absolute Gasteiger partial charge is 0.325 e. The summed E-state index contributed by atoms with van der Waals surface area (Å²) in [7, 11) is 0. The van der Waals surface area contributed by atoms with Crippen LogP contribution >= 0.6 is 27.5 Å². The van der Waals surface area contributed by atoms with Gasteiger partial charge in [0.1, 0.15) is 5.82 Å². The van der Waals surface area contributed by atoms with Gasteiger partial charge >= 0.3 is 0 Å². The number of pyridine rings is 1. The van der Waals surface area contributed by atoms with Gasteiger partial charge in [-0.3, -0.25) is 9.78 Å². The fourth-order valence-corrected chi connectivity index (χ4v) is 2.48. The van der Waals surface area contributed by atoms with E-state index in [-0.39, 0.29) is 17.5 Å². The molecule has 0 fully saturated rings. The Bertz CT molecular complexity index is 643. The van der Waals surface area contributed by atoms with E-state index in [9.17, 15) is 9.18 Å². The lowest BCUT2D eigenvalue weighted by atomic mass is 10.2. The standard InChI is InChI=1S/C13H10BrClFN3O/c14-10-4-8(16)5-11(15)12(10)19-13(20)7-1-2-18-9(3-7)6-17/h1-5H,6,17H2,(H,19,20). The average molecular weight is 359 g/mol. The molecule has 0 aliphatic rings. The van der Waals surface area contributed by atoms with Gasteiger partial charge in [-0.1, -0.05) is 11.6 Å². The first-order valence-electron chi connectivity index (χ1n) is 5.62. The van der Waals surface area contributed by atoms with Crippen LogP contribution in [0.2, 0.25) is 5.02 Å². The van der Waals surface area contributed by atoms with E-state index in [2.05, 4.69) is 26.2 Å². The van der Waals surface area contributed by atoms with E-state index in [1.165, 1.54) is 12.3 Å². The predicted molar refractivity (Wildman–Crippen MR) is 79.2 cm³/mol. The number of halogens is 3. The highest BCUT2D eigenvalue weighted by molar-refractivity contribution is 9.10. The summed E-state index contributed by atoms with van der Waals surface area (Å²) >= 11 is 9.06. The molecule has 20 heavy (non-hydrogen) atoms. The van der Waals surface area contributed by atoms with Crippen LogP contribution in [0, 0.1) is 5.82 Å². The van der Waals surface area contributed by atoms with Crippen LogP contribution in [0.3, 0.4) is 0 Å². The van der Waals surface area contributed by atoms with E-state index < -0.39 is 5.82 Å². The quantitative estimate of drug-likeness (QED) is 0.884. The SMILES string of the molecule is NCc1cc(C(=O)Nc2c(Cl)cc(F)cc2Br)ccn1. The molecule has 7 heteroatoms. The average Bonchev–Trinajstić information content (AvgIpc) is 2.42. The molecule has 3 N–H and O–H groups in total. The number of hydrogen-bond acceptors (Lipinski definition) is 3. The minimum absolute atomic E-state index is 0.110. The van der Waals surface area contributed by atoms with Crippen molar-refractivity contribution in [2.24, 2.45) is 5.73 Å². The molecule has 0 aliphatic carbocycles. The first-order chi connectivity index (χ1) is 9.51. The third-order valence-corrected chi connectivity index (χ3v) is 3.46. The van der Waals surface area contributed by atoms with Gasteiger partial charge in [0.15, 0.2) is 0 Å². The van der Waals surface area contributed by atoms with Crippen LogP contribution in [0.15, 0.2) is 34.9 Å². The molecule has 0 aliphatic heterocycles. The maximum atomic E-state index is 13.1. The Labute approximate surface area is 128 Å². The summed E-state index contributed by atoms with van der Waals surface area (Å²) < 4.78 is 13.5. The summed E-state index contributed by atoms with van der Waals surface area (Å²) in [6.45, 7) is 0.238. The molecule has 1 aromatic carbocycles. The van der Waals surface area contributed by atoms with Crippen molar-refractivity contribution < 1.29 is 9.18 Å². The topological polar surface area (TPSA) is 68.0 Å². The molecule has 1 heterocycles. The molecule has 0 atom stereocenters. The van der Waals surface area contributed by atoms with Crippen molar-refractivity contribution in [1.29, 1.82) is 0 Å². The Morgan fingerprint density at radius 3 is 2.85 bits per heavy atom. The third kappa shape index (κ3) is 3.33. The number of rotatable bonds is 3. The first-order valence-corrected chi connectivity index (χ1v) is 6.79. The highest BCUT2D eigenvalue weighted by Gasteiger charge is 2.13. The van der Waals surface area contributed by atoms with Crippen LogP contribution < -0.4 is 11.1 Å². The number of nitrogens with zero attached hydrogens (tertiary/aromatic N) is 1. The Kier molecular flexibility index (Phi) is 4.69. The molecule has 4 nitrogen and oxygen atoms in total. The molecule has 0 saturated heterocycles. The zero-order chi connectivity index (χ0) is 14.7. The number of hydrogen-bond donors (Lipinski definition) is 2. The Morgan fingerprint density at radius 1 is 1.45 bits per heavy atom. The fourth-order valence-electron chi connectivity index (χ4n) is 1.58. The van der Waals surface area contributed by atoms with Crippen molar-refractivity contribution in [2.75, 3.05) is 5.32 Å². The van der Waals surface area contributed by atoms with Gasteiger partial charge < -0.3 is 11.1 Å². The summed E-state index contributed by atoms with van der Waals surface area (Å²) in [5.74, 6) is -0.870. The summed E-state index contributed by atoms with van der Waals surface area (Å²) in [5.41, 5.74) is 6.78. The second-order valence-corrected chi connectivity index (χ2v) is 5.20. The molecule has 0 saturated carbocycles. The number of amides is 1. The second-order valence-electron chi connectivity index (χ2n) is 3.94. The van der Waals surface area contributed by atoms with Crippen molar-refractivity contribution >= 4 is 39.1 Å². The number of nitrogens with one attached hydrogen (secondary N) is 1. The maximum Gasteiger partial charge on any atom is 0.255 e. The van der Waals surface area contributed by atoms with Gasteiger partial charge in [-0.15, -0.1) is 0 Å². The van der Waals surface area contributed by atoms with Crippen LogP contribution in [0.1, 0.15) is 16.1 Å². The number of carbonyl (C=O) groups is 1. The van der Waals surface area contributed by atoms with Gasteiger partial charge in [0.05, 0.1) is 16.4 Å². The summed E-state index contributed by atoms with van der Waals surface area (Å²) in [4.78, 5) is 16.1. The Morgan fingerprint density at radius 2 is 2.20 bits per heavy atom. The van der Waals surface area contributed by atoms with E-state index in [1.54, 1.807) is 12.1 Å². The van der Waals surface area contributed by atoms with Crippen LogP contribution in [0.4, 0.5) is 10.1 Å². The third-order valence-electron chi connectivity index (χ3n) is 2.53. The zero-order valence-corrected chi connectivity index (χ0v) is 12.5.